The number of hydrogen-bond acceptors (Lipinski definition) is 6. The number of nitrogens with one attached hydrogen (secondary N) is 2. The first kappa shape index (κ1) is 18.1. The average molecular weight is 377 g/mol. The normalized spacial score (nSPS) is 11.1. The van der Waals surface area contributed by atoms with Crippen molar-refractivity contribution in [2.45, 2.75) is 6.42 Å². The zero-order valence-corrected chi connectivity index (χ0v) is 16.0. The molecule has 0 radical (unpaired) electrons. The Bertz CT molecular complexity index is 1090. The molecule has 0 amide bonds. The topological polar surface area (TPSA) is 98.1 Å². The molecule has 4 N–H and O–H groups in total. The maximum atomic E-state index is 5.68. The van der Waals surface area contributed by atoms with Crippen molar-refractivity contribution >= 4 is 27.6 Å². The number of nitrogens with two attached hydrogens (primary N) is 1. The second kappa shape index (κ2) is 7.74. The molecule has 0 aliphatic rings. The minimum atomic E-state index is 0.618. The highest BCUT2D eigenvalue weighted by Gasteiger charge is 2.16. The molecule has 0 bridgehead atoms. The molecule has 0 spiro atoms. The van der Waals surface area contributed by atoms with Gasteiger partial charge in [-0.25, -0.2) is 4.98 Å². The van der Waals surface area contributed by atoms with Crippen molar-refractivity contribution in [1.29, 1.82) is 0 Å². The van der Waals surface area contributed by atoms with Crippen molar-refractivity contribution in [3.05, 3.63) is 42.6 Å². The van der Waals surface area contributed by atoms with Gasteiger partial charge in [0.25, 0.3) is 0 Å². The lowest BCUT2D eigenvalue weighted by atomic mass is 10.1. The number of anilines is 1. The van der Waals surface area contributed by atoms with E-state index in [4.69, 9.17) is 20.2 Å². The molecule has 144 valence electrons. The fraction of sp³-hybridized carbons (Fsp3) is 0.238. The molecule has 0 saturated carbocycles. The van der Waals surface area contributed by atoms with Gasteiger partial charge in [0.15, 0.2) is 11.5 Å². The van der Waals surface area contributed by atoms with Crippen molar-refractivity contribution in [3.63, 3.8) is 0 Å². The summed E-state index contributed by atoms with van der Waals surface area (Å²) in [5.41, 5.74) is 10.2. The third-order valence-electron chi connectivity index (χ3n) is 4.70. The minimum absolute atomic E-state index is 0.618. The van der Waals surface area contributed by atoms with Gasteiger partial charge in [-0.15, -0.1) is 0 Å². The van der Waals surface area contributed by atoms with E-state index in [-0.39, 0.29) is 0 Å². The van der Waals surface area contributed by atoms with E-state index in [1.807, 2.05) is 42.6 Å². The number of nitrogens with zero attached hydrogens (tertiary/aromatic N) is 2. The van der Waals surface area contributed by atoms with E-state index in [2.05, 4.69) is 15.3 Å². The van der Waals surface area contributed by atoms with Crippen LogP contribution in [-0.4, -0.2) is 42.3 Å². The zero-order chi connectivity index (χ0) is 19.5. The Labute approximate surface area is 162 Å². The lowest BCUT2D eigenvalue weighted by Gasteiger charge is -2.15. The number of rotatable bonds is 7. The molecular formula is C21H23N5O2. The molecule has 2 aromatic heterocycles. The van der Waals surface area contributed by atoms with Crippen molar-refractivity contribution in [2.24, 2.45) is 5.73 Å². The molecule has 7 heteroatoms. The summed E-state index contributed by atoms with van der Waals surface area (Å²) >= 11 is 0. The van der Waals surface area contributed by atoms with Crippen molar-refractivity contribution in [1.82, 2.24) is 15.0 Å². The van der Waals surface area contributed by atoms with E-state index in [9.17, 15) is 0 Å². The smallest absolute Gasteiger partial charge is 0.162 e. The van der Waals surface area contributed by atoms with Gasteiger partial charge in [-0.1, -0.05) is 12.1 Å². The highest BCUT2D eigenvalue weighted by molar-refractivity contribution is 6.00. The van der Waals surface area contributed by atoms with Crippen LogP contribution in [-0.2, 0) is 0 Å². The summed E-state index contributed by atoms with van der Waals surface area (Å²) in [5.74, 6) is 2.06. The number of hydrogen-bond donors (Lipinski definition) is 3. The summed E-state index contributed by atoms with van der Waals surface area (Å²) in [7, 11) is 3.24. The highest BCUT2D eigenvalue weighted by atomic mass is 16.5. The van der Waals surface area contributed by atoms with Gasteiger partial charge in [0.05, 0.1) is 42.0 Å². The first-order valence-electron chi connectivity index (χ1n) is 9.19. The summed E-state index contributed by atoms with van der Waals surface area (Å²) < 4.78 is 10.9. The zero-order valence-electron chi connectivity index (χ0n) is 16.0. The van der Waals surface area contributed by atoms with Gasteiger partial charge in [0.1, 0.15) is 5.82 Å². The molecular weight excluding hydrogens is 354 g/mol. The molecule has 2 aromatic carbocycles. The van der Waals surface area contributed by atoms with Crippen LogP contribution in [0.4, 0.5) is 5.69 Å². The lowest BCUT2D eigenvalue weighted by molar-refractivity contribution is 0.356. The van der Waals surface area contributed by atoms with E-state index in [0.29, 0.717) is 18.0 Å². The predicted octanol–water partition coefficient (Wildman–Crippen LogP) is 3.56. The number of ether oxygens (including phenoxy) is 2. The van der Waals surface area contributed by atoms with Gasteiger partial charge in [-0.05, 0) is 31.2 Å². The van der Waals surface area contributed by atoms with Crippen LogP contribution in [0.2, 0.25) is 0 Å². The third kappa shape index (κ3) is 3.20. The molecule has 0 saturated heterocycles. The Morgan fingerprint density at radius 1 is 1.07 bits per heavy atom. The van der Waals surface area contributed by atoms with Crippen molar-refractivity contribution in [3.8, 4) is 22.9 Å². The molecule has 0 aliphatic carbocycles. The molecule has 0 aliphatic heterocycles. The first-order valence-corrected chi connectivity index (χ1v) is 9.19. The molecule has 0 unspecified atom stereocenters. The second-order valence-electron chi connectivity index (χ2n) is 6.44. The quantitative estimate of drug-likeness (QED) is 0.426. The number of aromatic amines is 1. The third-order valence-corrected chi connectivity index (χ3v) is 4.70. The maximum absolute atomic E-state index is 5.68. The number of pyridine rings is 1. The van der Waals surface area contributed by atoms with Crippen LogP contribution in [0.25, 0.3) is 33.3 Å². The number of imidazole rings is 1. The number of benzene rings is 2. The van der Waals surface area contributed by atoms with Gasteiger partial charge in [-0.3, -0.25) is 4.98 Å². The van der Waals surface area contributed by atoms with Crippen LogP contribution >= 0.6 is 0 Å². The Kier molecular flexibility index (Phi) is 4.99. The molecule has 28 heavy (non-hydrogen) atoms. The van der Waals surface area contributed by atoms with E-state index in [0.717, 1.165) is 52.0 Å². The number of H-pyrrole nitrogens is 1. The number of fused-ring (bicyclic) bond motifs is 2. The molecule has 0 fully saturated rings. The SMILES string of the molecule is COc1cc2ncc(-c3nc4ccccc4[nH]3)c(NCCCN)c2cc1OC. The van der Waals surface area contributed by atoms with E-state index in [1.165, 1.54) is 0 Å². The number of aromatic nitrogens is 3. The fourth-order valence-electron chi connectivity index (χ4n) is 3.28. The van der Waals surface area contributed by atoms with Crippen LogP contribution in [0.3, 0.4) is 0 Å². The van der Waals surface area contributed by atoms with Gasteiger partial charge >= 0.3 is 0 Å². The van der Waals surface area contributed by atoms with Crippen molar-refractivity contribution < 1.29 is 9.47 Å². The van der Waals surface area contributed by atoms with E-state index in [1.54, 1.807) is 14.2 Å². The van der Waals surface area contributed by atoms with E-state index >= 15 is 0 Å². The summed E-state index contributed by atoms with van der Waals surface area (Å²) in [6.07, 6.45) is 2.69. The van der Waals surface area contributed by atoms with Gasteiger partial charge < -0.3 is 25.5 Å². The van der Waals surface area contributed by atoms with E-state index < -0.39 is 0 Å². The molecule has 4 rings (SSSR count). The summed E-state index contributed by atoms with van der Waals surface area (Å²) in [6, 6.07) is 11.8. The lowest BCUT2D eigenvalue weighted by Crippen LogP contribution is -2.10. The number of para-hydroxylation sites is 2. The largest absolute Gasteiger partial charge is 0.493 e. The Hall–Kier alpha value is -3.32. The van der Waals surface area contributed by atoms with Crippen LogP contribution < -0.4 is 20.5 Å². The Morgan fingerprint density at radius 2 is 1.86 bits per heavy atom. The highest BCUT2D eigenvalue weighted by Crippen LogP contribution is 2.38. The Morgan fingerprint density at radius 3 is 2.61 bits per heavy atom. The minimum Gasteiger partial charge on any atom is -0.493 e. The summed E-state index contributed by atoms with van der Waals surface area (Å²) in [6.45, 7) is 1.37. The molecule has 4 aromatic rings. The summed E-state index contributed by atoms with van der Waals surface area (Å²) in [5, 5.41) is 4.45. The fourth-order valence-corrected chi connectivity index (χ4v) is 3.28. The van der Waals surface area contributed by atoms with Crippen molar-refractivity contribution in [2.75, 3.05) is 32.6 Å². The van der Waals surface area contributed by atoms with Gasteiger partial charge in [0.2, 0.25) is 0 Å². The molecule has 2 heterocycles. The first-order chi connectivity index (χ1) is 13.7. The van der Waals surface area contributed by atoms with Crippen LogP contribution in [0, 0.1) is 0 Å². The standard InChI is InChI=1S/C21H23N5O2/c1-27-18-10-13-17(11-19(18)28-2)24-12-14(20(13)23-9-5-8-22)21-25-15-6-3-4-7-16(15)26-21/h3-4,6-7,10-12H,5,8-9,22H2,1-2H3,(H,23,24)(H,25,26). The maximum Gasteiger partial charge on any atom is 0.162 e. The second-order valence-corrected chi connectivity index (χ2v) is 6.44. The molecule has 0 atom stereocenters. The summed E-state index contributed by atoms with van der Waals surface area (Å²) in [4.78, 5) is 12.8. The Balaban J connectivity index is 1.92. The van der Waals surface area contributed by atoms with Gasteiger partial charge in [-0.2, -0.15) is 0 Å². The predicted molar refractivity (Wildman–Crippen MR) is 112 cm³/mol. The van der Waals surface area contributed by atoms with Crippen LogP contribution in [0.15, 0.2) is 42.6 Å². The average Bonchev–Trinajstić information content (AvgIpc) is 3.16. The molecule has 7 nitrogen and oxygen atoms in total. The monoisotopic (exact) mass is 377 g/mol. The van der Waals surface area contributed by atoms with Gasteiger partial charge in [0, 0.05) is 24.2 Å². The van der Waals surface area contributed by atoms with Crippen LogP contribution in [0.5, 0.6) is 11.5 Å². The van der Waals surface area contributed by atoms with Crippen LogP contribution in [0.1, 0.15) is 6.42 Å². The number of methoxy groups -OCH3 is 2.